The highest BCUT2D eigenvalue weighted by atomic mass is 79.9. The fourth-order valence-corrected chi connectivity index (χ4v) is 4.60. The molecule has 1 amide bonds. The number of nitrogens with one attached hydrogen (secondary N) is 1. The molecule has 0 bridgehead atoms. The maximum absolute atomic E-state index is 11.5. The van der Waals surface area contributed by atoms with Crippen molar-refractivity contribution < 1.29 is 4.79 Å². The van der Waals surface area contributed by atoms with Crippen LogP contribution in [0, 0.1) is 17.2 Å². The molecule has 0 unspecified atom stereocenters. The molecule has 3 rings (SSSR count). The van der Waals surface area contributed by atoms with Gasteiger partial charge in [0.2, 0.25) is 5.91 Å². The minimum Gasteiger partial charge on any atom is -0.369 e. The second kappa shape index (κ2) is 10.1. The Hall–Kier alpha value is -1.58. The normalized spacial score (nSPS) is 23.6. The van der Waals surface area contributed by atoms with Crippen molar-refractivity contribution in [2.24, 2.45) is 5.92 Å². The van der Waals surface area contributed by atoms with Crippen molar-refractivity contribution >= 4 is 27.5 Å². The molecule has 1 heterocycles. The van der Waals surface area contributed by atoms with E-state index in [2.05, 4.69) is 55.3 Å². The van der Waals surface area contributed by atoms with Crippen molar-refractivity contribution in [1.29, 1.82) is 5.26 Å². The highest BCUT2D eigenvalue weighted by Gasteiger charge is 2.24. The third-order valence-corrected chi connectivity index (χ3v) is 6.34. The summed E-state index contributed by atoms with van der Waals surface area (Å²) >= 11 is 3.56. The zero-order valence-corrected chi connectivity index (χ0v) is 17.5. The summed E-state index contributed by atoms with van der Waals surface area (Å²) in [4.78, 5) is 16.6. The number of nitrogens with zero attached hydrogens (tertiary/aromatic N) is 3. The van der Waals surface area contributed by atoms with Gasteiger partial charge in [-0.2, -0.15) is 5.26 Å². The Morgan fingerprint density at radius 2 is 1.93 bits per heavy atom. The lowest BCUT2D eigenvalue weighted by Gasteiger charge is -2.37. The zero-order chi connectivity index (χ0) is 19.1. The Morgan fingerprint density at radius 3 is 2.59 bits per heavy atom. The van der Waals surface area contributed by atoms with Crippen LogP contribution in [0.15, 0.2) is 28.7 Å². The number of nitriles is 1. The molecule has 6 heteroatoms. The third-order valence-electron chi connectivity index (χ3n) is 5.85. The first kappa shape index (κ1) is 20.2. The molecule has 2 aliphatic rings. The van der Waals surface area contributed by atoms with Gasteiger partial charge in [-0.3, -0.25) is 9.69 Å². The zero-order valence-electron chi connectivity index (χ0n) is 15.9. The molecule has 146 valence electrons. The molecule has 1 N–H and O–H groups in total. The van der Waals surface area contributed by atoms with E-state index < -0.39 is 0 Å². The van der Waals surface area contributed by atoms with Crippen molar-refractivity contribution in [1.82, 2.24) is 10.2 Å². The summed E-state index contributed by atoms with van der Waals surface area (Å²) in [6.45, 7) is 5.63. The van der Waals surface area contributed by atoms with Gasteiger partial charge in [0.1, 0.15) is 6.42 Å². The first-order chi connectivity index (χ1) is 13.1. The molecule has 0 aromatic heterocycles. The number of rotatable bonds is 6. The SMILES string of the molecule is N#CCC(=O)N[C@H]1CC[C@H](CCN2CCN(c3cccc(Br)c3)CC2)CC1. The van der Waals surface area contributed by atoms with Gasteiger partial charge >= 0.3 is 0 Å². The molecule has 0 spiro atoms. The van der Waals surface area contributed by atoms with Crippen LogP contribution in [0.4, 0.5) is 5.69 Å². The summed E-state index contributed by atoms with van der Waals surface area (Å²) in [6, 6.07) is 10.8. The van der Waals surface area contributed by atoms with Crippen molar-refractivity contribution in [3.63, 3.8) is 0 Å². The highest BCUT2D eigenvalue weighted by molar-refractivity contribution is 9.10. The van der Waals surface area contributed by atoms with E-state index >= 15 is 0 Å². The van der Waals surface area contributed by atoms with E-state index in [9.17, 15) is 4.79 Å². The Kier molecular flexibility index (Phi) is 7.54. The van der Waals surface area contributed by atoms with E-state index in [1.54, 1.807) is 0 Å². The van der Waals surface area contributed by atoms with Crippen molar-refractivity contribution in [3.05, 3.63) is 28.7 Å². The monoisotopic (exact) mass is 432 g/mol. The summed E-state index contributed by atoms with van der Waals surface area (Å²) in [5.41, 5.74) is 1.31. The van der Waals surface area contributed by atoms with Gasteiger partial charge in [0.05, 0.1) is 6.07 Å². The van der Waals surface area contributed by atoms with Crippen LogP contribution in [-0.2, 0) is 4.79 Å². The predicted molar refractivity (Wildman–Crippen MR) is 112 cm³/mol. The summed E-state index contributed by atoms with van der Waals surface area (Å²) in [5.74, 6) is 0.654. The molecule has 27 heavy (non-hydrogen) atoms. The number of carbonyl (C=O) groups excluding carboxylic acids is 1. The largest absolute Gasteiger partial charge is 0.369 e. The lowest BCUT2D eigenvalue weighted by Crippen LogP contribution is -2.47. The van der Waals surface area contributed by atoms with E-state index in [1.807, 2.05) is 6.07 Å². The standard InChI is InChI=1S/C21H29BrN4O/c22-18-2-1-3-20(16-18)26-14-12-25(13-15-26)11-9-17-4-6-19(7-5-17)24-21(27)8-10-23/h1-3,16-17,19H,4-9,11-15H2,(H,24,27)/t17-,19-. The summed E-state index contributed by atoms with van der Waals surface area (Å²) in [7, 11) is 0. The fourth-order valence-electron chi connectivity index (χ4n) is 4.21. The highest BCUT2D eigenvalue weighted by Crippen LogP contribution is 2.27. The number of amides is 1. The third kappa shape index (κ3) is 6.22. The second-order valence-corrected chi connectivity index (χ2v) is 8.63. The minimum atomic E-state index is -0.121. The molecule has 1 aliphatic heterocycles. The van der Waals surface area contributed by atoms with Gasteiger partial charge in [-0.15, -0.1) is 0 Å². The van der Waals surface area contributed by atoms with E-state index in [-0.39, 0.29) is 18.4 Å². The maximum Gasteiger partial charge on any atom is 0.234 e. The lowest BCUT2D eigenvalue weighted by atomic mass is 9.84. The van der Waals surface area contributed by atoms with Crippen LogP contribution < -0.4 is 10.2 Å². The number of benzene rings is 1. The van der Waals surface area contributed by atoms with Gasteiger partial charge in [-0.1, -0.05) is 22.0 Å². The van der Waals surface area contributed by atoms with Crippen LogP contribution in [0.2, 0.25) is 0 Å². The van der Waals surface area contributed by atoms with E-state index in [0.717, 1.165) is 49.4 Å². The molecular weight excluding hydrogens is 404 g/mol. The number of carbonyl (C=O) groups is 1. The Balaban J connectivity index is 1.33. The van der Waals surface area contributed by atoms with Gasteiger partial charge < -0.3 is 10.2 Å². The molecule has 1 saturated heterocycles. The number of hydrogen-bond donors (Lipinski definition) is 1. The lowest BCUT2D eigenvalue weighted by molar-refractivity contribution is -0.121. The average molecular weight is 433 g/mol. The number of halogens is 1. The van der Waals surface area contributed by atoms with E-state index in [1.165, 1.54) is 31.5 Å². The Labute approximate surface area is 170 Å². The summed E-state index contributed by atoms with van der Waals surface area (Å²) < 4.78 is 1.14. The first-order valence-electron chi connectivity index (χ1n) is 10.0. The van der Waals surface area contributed by atoms with Crippen LogP contribution >= 0.6 is 15.9 Å². The van der Waals surface area contributed by atoms with E-state index in [4.69, 9.17) is 5.26 Å². The van der Waals surface area contributed by atoms with Gasteiger partial charge in [0.25, 0.3) is 0 Å². The summed E-state index contributed by atoms with van der Waals surface area (Å²) in [6.07, 6.45) is 5.73. The number of anilines is 1. The van der Waals surface area contributed by atoms with E-state index in [0.29, 0.717) is 0 Å². The van der Waals surface area contributed by atoms with Gasteiger partial charge in [-0.05, 0) is 62.8 Å². The summed E-state index contributed by atoms with van der Waals surface area (Å²) in [5, 5.41) is 11.6. The molecule has 2 fully saturated rings. The molecule has 1 aliphatic carbocycles. The van der Waals surface area contributed by atoms with Gasteiger partial charge in [-0.25, -0.2) is 0 Å². The maximum atomic E-state index is 11.5. The van der Waals surface area contributed by atoms with Crippen molar-refractivity contribution in [3.8, 4) is 6.07 Å². The smallest absolute Gasteiger partial charge is 0.234 e. The minimum absolute atomic E-state index is 0.0220. The molecule has 1 aromatic carbocycles. The van der Waals surface area contributed by atoms with Gasteiger partial charge in [0, 0.05) is 42.4 Å². The topological polar surface area (TPSA) is 59.4 Å². The predicted octanol–water partition coefficient (Wildman–Crippen LogP) is 3.55. The Morgan fingerprint density at radius 1 is 1.19 bits per heavy atom. The molecular formula is C21H29BrN4O. The molecule has 1 saturated carbocycles. The fraction of sp³-hybridized carbons (Fsp3) is 0.619. The number of piperazine rings is 1. The van der Waals surface area contributed by atoms with Crippen LogP contribution in [-0.4, -0.2) is 49.6 Å². The molecule has 0 atom stereocenters. The molecule has 0 radical (unpaired) electrons. The van der Waals surface area contributed by atoms with Gasteiger partial charge in [0.15, 0.2) is 0 Å². The average Bonchev–Trinajstić information content (AvgIpc) is 2.68. The number of hydrogen-bond acceptors (Lipinski definition) is 4. The molecule has 5 nitrogen and oxygen atoms in total. The Bertz CT molecular complexity index is 658. The van der Waals surface area contributed by atoms with Crippen molar-refractivity contribution in [2.45, 2.75) is 44.6 Å². The van der Waals surface area contributed by atoms with Crippen LogP contribution in [0.5, 0.6) is 0 Å². The van der Waals surface area contributed by atoms with Crippen LogP contribution in [0.25, 0.3) is 0 Å². The van der Waals surface area contributed by atoms with Crippen molar-refractivity contribution in [2.75, 3.05) is 37.6 Å². The van der Waals surface area contributed by atoms with Crippen LogP contribution in [0.3, 0.4) is 0 Å². The molecule has 1 aromatic rings. The first-order valence-corrected chi connectivity index (χ1v) is 10.8. The van der Waals surface area contributed by atoms with Crippen LogP contribution in [0.1, 0.15) is 38.5 Å². The second-order valence-electron chi connectivity index (χ2n) is 7.72. The quantitative estimate of drug-likeness (QED) is 0.746.